The van der Waals surface area contributed by atoms with E-state index in [4.69, 9.17) is 17.0 Å². The lowest BCUT2D eigenvalue weighted by molar-refractivity contribution is 0.0959. The number of aromatic nitrogens is 3. The molecule has 0 aliphatic carbocycles. The molecule has 0 saturated carbocycles. The molecule has 0 radical (unpaired) electrons. The van der Waals surface area contributed by atoms with Gasteiger partial charge in [0.25, 0.3) is 0 Å². The number of hydrogen-bond acceptors (Lipinski definition) is 4. The summed E-state index contributed by atoms with van der Waals surface area (Å²) in [6.45, 7) is 1.59. The van der Waals surface area contributed by atoms with Crippen LogP contribution in [0, 0.1) is 4.77 Å². The van der Waals surface area contributed by atoms with E-state index in [0.717, 1.165) is 31.8 Å². The average Bonchev–Trinajstić information content (AvgIpc) is 3.33. The molecule has 1 aromatic heterocycles. The van der Waals surface area contributed by atoms with Crippen LogP contribution in [0.2, 0.25) is 0 Å². The summed E-state index contributed by atoms with van der Waals surface area (Å²) < 4.78 is 8.59. The molecule has 2 aromatic carbocycles. The quantitative estimate of drug-likeness (QED) is 0.480. The Morgan fingerprint density at radius 1 is 1.15 bits per heavy atom. The number of nitrogens with zero attached hydrogens (tertiary/aromatic N) is 2. The van der Waals surface area contributed by atoms with Crippen molar-refractivity contribution in [2.45, 2.75) is 35.6 Å². The molecule has 3 aromatic rings. The van der Waals surface area contributed by atoms with Gasteiger partial charge in [-0.15, -0.1) is 11.8 Å². The third kappa shape index (κ3) is 3.92. The maximum Gasteiger partial charge on any atom is 0.195 e. The molecule has 2 heterocycles. The van der Waals surface area contributed by atoms with E-state index >= 15 is 0 Å². The highest BCUT2D eigenvalue weighted by molar-refractivity contribution is 7.99. The molecule has 1 fully saturated rings. The van der Waals surface area contributed by atoms with Gasteiger partial charge in [-0.3, -0.25) is 5.10 Å². The van der Waals surface area contributed by atoms with Crippen LogP contribution in [0.15, 0.2) is 65.6 Å². The Morgan fingerprint density at radius 2 is 1.88 bits per heavy atom. The first kappa shape index (κ1) is 17.5. The topological polar surface area (TPSA) is 42.8 Å². The van der Waals surface area contributed by atoms with Gasteiger partial charge in [0, 0.05) is 11.5 Å². The number of hydrogen-bond donors (Lipinski definition) is 1. The molecule has 0 bridgehead atoms. The summed E-state index contributed by atoms with van der Waals surface area (Å²) in [6, 6.07) is 20.9. The molecule has 1 saturated heterocycles. The third-order valence-electron chi connectivity index (χ3n) is 4.53. The highest BCUT2D eigenvalue weighted by atomic mass is 32.2. The van der Waals surface area contributed by atoms with Crippen molar-refractivity contribution < 1.29 is 4.74 Å². The molecule has 0 spiro atoms. The minimum absolute atomic E-state index is 0.0629. The second-order valence-electron chi connectivity index (χ2n) is 6.35. The summed E-state index contributed by atoms with van der Waals surface area (Å²) in [6.07, 6.45) is 2.41. The van der Waals surface area contributed by atoms with Crippen molar-refractivity contribution in [2.24, 2.45) is 0 Å². The normalized spacial score (nSPS) is 18.1. The standard InChI is InChI=1S/C20H21N3OS2/c25-20-22-21-19(23(20)14-16-10-7-13-24-16)18(15-8-3-1-4-9-15)26-17-11-5-2-6-12-17/h1-6,8-9,11-12,16,18H,7,10,13-14H2,(H,22,25). The SMILES string of the molecule is S=c1[nH]nc(C(Sc2ccccc2)c2ccccc2)n1CC1CCCO1. The van der Waals surface area contributed by atoms with Crippen molar-refractivity contribution in [3.05, 3.63) is 76.8 Å². The van der Waals surface area contributed by atoms with E-state index in [1.165, 1.54) is 10.5 Å². The maximum atomic E-state index is 5.82. The van der Waals surface area contributed by atoms with E-state index < -0.39 is 0 Å². The Bertz CT molecular complexity index is 886. The van der Waals surface area contributed by atoms with Crippen molar-refractivity contribution in [2.75, 3.05) is 6.61 Å². The molecular weight excluding hydrogens is 362 g/mol. The fraction of sp³-hybridized carbons (Fsp3) is 0.300. The number of aromatic amines is 1. The van der Waals surface area contributed by atoms with Crippen LogP contribution >= 0.6 is 24.0 Å². The molecule has 134 valence electrons. The van der Waals surface area contributed by atoms with Gasteiger partial charge in [0.2, 0.25) is 0 Å². The van der Waals surface area contributed by atoms with Crippen LogP contribution in [0.25, 0.3) is 0 Å². The lowest BCUT2D eigenvalue weighted by Gasteiger charge is -2.19. The summed E-state index contributed by atoms with van der Waals surface area (Å²) in [4.78, 5) is 1.21. The zero-order chi connectivity index (χ0) is 17.8. The Morgan fingerprint density at radius 3 is 2.58 bits per heavy atom. The van der Waals surface area contributed by atoms with Crippen LogP contribution in [0.3, 0.4) is 0 Å². The molecular formula is C20H21N3OS2. The number of nitrogens with one attached hydrogen (secondary N) is 1. The Balaban J connectivity index is 1.71. The van der Waals surface area contributed by atoms with Gasteiger partial charge in [-0.25, -0.2) is 0 Å². The van der Waals surface area contributed by atoms with Crippen LogP contribution < -0.4 is 0 Å². The summed E-state index contributed by atoms with van der Waals surface area (Å²) in [5, 5.41) is 7.66. The molecule has 4 nitrogen and oxygen atoms in total. The second-order valence-corrected chi connectivity index (χ2v) is 7.92. The molecule has 4 rings (SSSR count). The van der Waals surface area contributed by atoms with E-state index in [2.05, 4.69) is 63.3 Å². The van der Waals surface area contributed by atoms with E-state index in [1.807, 2.05) is 12.1 Å². The van der Waals surface area contributed by atoms with Gasteiger partial charge in [0.05, 0.1) is 17.9 Å². The minimum atomic E-state index is 0.0629. The zero-order valence-electron chi connectivity index (χ0n) is 14.4. The van der Waals surface area contributed by atoms with Crippen LogP contribution in [0.5, 0.6) is 0 Å². The predicted octanol–water partition coefficient (Wildman–Crippen LogP) is 5.00. The predicted molar refractivity (Wildman–Crippen MR) is 107 cm³/mol. The van der Waals surface area contributed by atoms with Crippen molar-refractivity contribution >= 4 is 24.0 Å². The van der Waals surface area contributed by atoms with Crippen LogP contribution in [-0.2, 0) is 11.3 Å². The van der Waals surface area contributed by atoms with Crippen LogP contribution in [0.4, 0.5) is 0 Å². The van der Waals surface area contributed by atoms with Gasteiger partial charge in [-0.1, -0.05) is 48.5 Å². The monoisotopic (exact) mass is 383 g/mol. The molecule has 1 N–H and O–H groups in total. The fourth-order valence-electron chi connectivity index (χ4n) is 3.23. The number of rotatable bonds is 6. The zero-order valence-corrected chi connectivity index (χ0v) is 16.0. The smallest absolute Gasteiger partial charge is 0.195 e. The molecule has 1 aliphatic heterocycles. The summed E-state index contributed by atoms with van der Waals surface area (Å²) in [5.74, 6) is 0.950. The highest BCUT2D eigenvalue weighted by Crippen LogP contribution is 2.39. The summed E-state index contributed by atoms with van der Waals surface area (Å²) in [7, 11) is 0. The number of benzene rings is 2. The lowest BCUT2D eigenvalue weighted by atomic mass is 10.1. The van der Waals surface area contributed by atoms with E-state index in [0.29, 0.717) is 4.77 Å². The van der Waals surface area contributed by atoms with E-state index in [-0.39, 0.29) is 11.4 Å². The van der Waals surface area contributed by atoms with Gasteiger partial charge in [-0.2, -0.15) is 5.10 Å². The fourth-order valence-corrected chi connectivity index (χ4v) is 4.61. The Labute approximate surface area is 162 Å². The Kier molecular flexibility index (Phi) is 5.53. The lowest BCUT2D eigenvalue weighted by Crippen LogP contribution is -2.18. The molecule has 6 heteroatoms. The van der Waals surface area contributed by atoms with Gasteiger partial charge in [0.15, 0.2) is 4.77 Å². The molecule has 2 unspecified atom stereocenters. The minimum Gasteiger partial charge on any atom is -0.376 e. The molecule has 0 amide bonds. The van der Waals surface area contributed by atoms with Gasteiger partial charge >= 0.3 is 0 Å². The van der Waals surface area contributed by atoms with Crippen molar-refractivity contribution in [1.82, 2.24) is 14.8 Å². The number of H-pyrrole nitrogens is 1. The van der Waals surface area contributed by atoms with Crippen molar-refractivity contribution in [1.29, 1.82) is 0 Å². The largest absolute Gasteiger partial charge is 0.376 e. The van der Waals surface area contributed by atoms with Gasteiger partial charge in [0.1, 0.15) is 5.82 Å². The average molecular weight is 384 g/mol. The van der Waals surface area contributed by atoms with Crippen molar-refractivity contribution in [3.63, 3.8) is 0 Å². The van der Waals surface area contributed by atoms with Gasteiger partial charge < -0.3 is 9.30 Å². The Hall–Kier alpha value is -1.89. The van der Waals surface area contributed by atoms with Gasteiger partial charge in [-0.05, 0) is 42.8 Å². The highest BCUT2D eigenvalue weighted by Gasteiger charge is 2.25. The maximum absolute atomic E-state index is 5.82. The number of thioether (sulfide) groups is 1. The first-order valence-corrected chi connectivity index (χ1v) is 10.1. The van der Waals surface area contributed by atoms with E-state index in [9.17, 15) is 0 Å². The second kappa shape index (κ2) is 8.20. The summed E-state index contributed by atoms with van der Waals surface area (Å²) >= 11 is 7.31. The third-order valence-corrected chi connectivity index (χ3v) is 6.11. The van der Waals surface area contributed by atoms with Crippen molar-refractivity contribution in [3.8, 4) is 0 Å². The first-order chi connectivity index (χ1) is 12.8. The van der Waals surface area contributed by atoms with Crippen LogP contribution in [0.1, 0.15) is 29.5 Å². The van der Waals surface area contributed by atoms with Crippen LogP contribution in [-0.4, -0.2) is 27.5 Å². The molecule has 26 heavy (non-hydrogen) atoms. The first-order valence-electron chi connectivity index (χ1n) is 8.84. The number of ether oxygens (including phenoxy) is 1. The molecule has 1 aliphatic rings. The van der Waals surface area contributed by atoms with E-state index in [1.54, 1.807) is 11.8 Å². The molecule has 2 atom stereocenters. The summed E-state index contributed by atoms with van der Waals surface area (Å²) in [5.41, 5.74) is 1.21.